The number of anilines is 1. The number of methoxy groups -OCH3 is 2. The number of rotatable bonds is 11. The number of hydrogen-bond acceptors (Lipinski definition) is 7. The molecule has 0 aliphatic rings. The molecule has 0 unspecified atom stereocenters. The van der Waals surface area contributed by atoms with Gasteiger partial charge in [0.2, 0.25) is 5.91 Å². The number of nitriles is 1. The van der Waals surface area contributed by atoms with Crippen molar-refractivity contribution in [2.75, 3.05) is 19.5 Å². The monoisotopic (exact) mass is 489 g/mol. The summed E-state index contributed by atoms with van der Waals surface area (Å²) in [7, 11) is 2.90. The van der Waals surface area contributed by atoms with Gasteiger partial charge in [-0.2, -0.15) is 5.26 Å². The Labute approximate surface area is 209 Å². The summed E-state index contributed by atoms with van der Waals surface area (Å²) in [4.78, 5) is 25.0. The normalized spacial score (nSPS) is 11.9. The summed E-state index contributed by atoms with van der Waals surface area (Å²) >= 11 is 0. The number of carboxylic acid groups (broad SMARTS) is 1. The van der Waals surface area contributed by atoms with Gasteiger partial charge in [0.05, 0.1) is 25.9 Å². The number of carbonyl (C=O) groups is 2. The number of ether oxygens (including phenoxy) is 3. The molecule has 0 aromatic heterocycles. The van der Waals surface area contributed by atoms with Crippen LogP contribution in [0.25, 0.3) is 0 Å². The molecule has 9 heteroatoms. The van der Waals surface area contributed by atoms with E-state index in [4.69, 9.17) is 19.5 Å². The third-order valence-electron chi connectivity index (χ3n) is 5.38. The summed E-state index contributed by atoms with van der Waals surface area (Å²) in [5.74, 6) is -0.756. The molecule has 3 N–H and O–H groups in total. The molecule has 9 nitrogen and oxygen atoms in total. The largest absolute Gasteiger partial charge is 0.493 e. The highest BCUT2D eigenvalue weighted by Crippen LogP contribution is 2.39. The first-order chi connectivity index (χ1) is 17.4. The number of nitrogens with one attached hydrogen (secondary N) is 2. The van der Waals surface area contributed by atoms with Gasteiger partial charge < -0.3 is 30.0 Å². The van der Waals surface area contributed by atoms with Gasteiger partial charge in [-0.25, -0.2) is 4.79 Å². The fourth-order valence-corrected chi connectivity index (χ4v) is 3.42. The Morgan fingerprint density at radius 1 is 0.972 bits per heavy atom. The highest BCUT2D eigenvalue weighted by atomic mass is 16.5. The summed E-state index contributed by atoms with van der Waals surface area (Å²) in [6.45, 7) is 1.67. The summed E-state index contributed by atoms with van der Waals surface area (Å²) in [6.07, 6.45) is -1.19. The first kappa shape index (κ1) is 25.9. The number of benzene rings is 3. The van der Waals surface area contributed by atoms with Crippen LogP contribution in [0.4, 0.5) is 5.69 Å². The zero-order valence-electron chi connectivity index (χ0n) is 20.1. The van der Waals surface area contributed by atoms with Crippen molar-refractivity contribution >= 4 is 17.6 Å². The topological polar surface area (TPSA) is 130 Å². The van der Waals surface area contributed by atoms with Crippen molar-refractivity contribution in [2.24, 2.45) is 0 Å². The first-order valence-corrected chi connectivity index (χ1v) is 11.1. The van der Waals surface area contributed by atoms with Crippen molar-refractivity contribution in [1.82, 2.24) is 5.32 Å². The second kappa shape index (κ2) is 12.1. The molecule has 0 radical (unpaired) electrons. The van der Waals surface area contributed by atoms with Crippen LogP contribution in [-0.4, -0.2) is 37.3 Å². The number of hydrogen-bond donors (Lipinski definition) is 3. The maximum Gasteiger partial charge on any atom is 0.344 e. The van der Waals surface area contributed by atoms with Gasteiger partial charge in [-0.15, -0.1) is 0 Å². The molecule has 0 saturated heterocycles. The van der Waals surface area contributed by atoms with Crippen molar-refractivity contribution in [1.29, 1.82) is 5.26 Å². The fraction of sp³-hybridized carbons (Fsp3) is 0.222. The maximum absolute atomic E-state index is 13.5. The molecule has 186 valence electrons. The van der Waals surface area contributed by atoms with Crippen LogP contribution in [0.15, 0.2) is 66.7 Å². The lowest BCUT2D eigenvalue weighted by Gasteiger charge is -2.25. The SMILES string of the molecule is COc1cc(O[C@H](C)C(=O)O)c([C@H](Nc2ccc(C#N)cc2)C(=O)NCc2ccccc2)cc1OC. The molecule has 1 amide bonds. The Hall–Kier alpha value is -4.71. The van der Waals surface area contributed by atoms with Gasteiger partial charge in [0.1, 0.15) is 11.8 Å². The Bertz CT molecular complexity index is 1240. The van der Waals surface area contributed by atoms with E-state index >= 15 is 0 Å². The minimum atomic E-state index is -1.19. The third-order valence-corrected chi connectivity index (χ3v) is 5.38. The van der Waals surface area contributed by atoms with E-state index in [1.165, 1.54) is 27.2 Å². The van der Waals surface area contributed by atoms with Gasteiger partial charge in [-0.05, 0) is 42.8 Å². The average Bonchev–Trinajstić information content (AvgIpc) is 2.91. The molecule has 0 saturated carbocycles. The minimum Gasteiger partial charge on any atom is -0.493 e. The molecule has 3 rings (SSSR count). The van der Waals surface area contributed by atoms with E-state index in [0.717, 1.165) is 5.56 Å². The molecule has 0 bridgehead atoms. The molecule has 36 heavy (non-hydrogen) atoms. The number of nitrogens with zero attached hydrogens (tertiary/aromatic N) is 1. The fourth-order valence-electron chi connectivity index (χ4n) is 3.42. The van der Waals surface area contributed by atoms with E-state index in [-0.39, 0.29) is 18.2 Å². The van der Waals surface area contributed by atoms with Gasteiger partial charge in [0.25, 0.3) is 0 Å². The van der Waals surface area contributed by atoms with Gasteiger partial charge in [-0.3, -0.25) is 4.79 Å². The second-order valence-electron chi connectivity index (χ2n) is 7.81. The summed E-state index contributed by atoms with van der Waals surface area (Å²) in [5.41, 5.74) is 2.29. The van der Waals surface area contributed by atoms with Crippen LogP contribution in [0.1, 0.15) is 29.7 Å². The third kappa shape index (κ3) is 6.45. The molecule has 0 fully saturated rings. The molecule has 3 aromatic rings. The van der Waals surface area contributed by atoms with E-state index in [2.05, 4.69) is 16.7 Å². The second-order valence-corrected chi connectivity index (χ2v) is 7.81. The van der Waals surface area contributed by atoms with Crippen LogP contribution in [-0.2, 0) is 16.1 Å². The highest BCUT2D eigenvalue weighted by Gasteiger charge is 2.28. The van der Waals surface area contributed by atoms with Gasteiger partial charge >= 0.3 is 5.97 Å². The number of carboxylic acids is 1. The van der Waals surface area contributed by atoms with Crippen LogP contribution in [0.3, 0.4) is 0 Å². The van der Waals surface area contributed by atoms with Crippen LogP contribution < -0.4 is 24.8 Å². The number of carbonyl (C=O) groups excluding carboxylic acids is 1. The zero-order chi connectivity index (χ0) is 26.1. The van der Waals surface area contributed by atoms with Crippen molar-refractivity contribution in [3.05, 3.63) is 83.4 Å². The minimum absolute atomic E-state index is 0.142. The van der Waals surface area contributed by atoms with E-state index in [1.807, 2.05) is 30.3 Å². The lowest BCUT2D eigenvalue weighted by atomic mass is 10.0. The van der Waals surface area contributed by atoms with Crippen LogP contribution in [0.2, 0.25) is 0 Å². The first-order valence-electron chi connectivity index (χ1n) is 11.1. The molecular formula is C27H27N3O6. The maximum atomic E-state index is 13.5. The predicted molar refractivity (Wildman–Crippen MR) is 133 cm³/mol. The summed E-state index contributed by atoms with van der Waals surface area (Å²) in [5, 5.41) is 24.6. The van der Waals surface area contributed by atoms with E-state index in [0.29, 0.717) is 28.3 Å². The van der Waals surface area contributed by atoms with Crippen molar-refractivity contribution in [3.63, 3.8) is 0 Å². The lowest BCUT2D eigenvalue weighted by molar-refractivity contribution is -0.144. The van der Waals surface area contributed by atoms with E-state index in [1.54, 1.807) is 30.3 Å². The smallest absolute Gasteiger partial charge is 0.344 e. The molecule has 3 aromatic carbocycles. The molecule has 0 aliphatic carbocycles. The Balaban J connectivity index is 2.05. The average molecular weight is 490 g/mol. The van der Waals surface area contributed by atoms with Crippen molar-refractivity contribution in [3.8, 4) is 23.3 Å². The molecular weight excluding hydrogens is 462 g/mol. The standard InChI is InChI=1S/C27H27N3O6/c1-17(27(32)33)36-22-14-24(35-3)23(34-2)13-21(22)25(30-20-11-9-18(15-28)10-12-20)26(31)29-16-19-7-5-4-6-8-19/h4-14,17,25,30H,16H2,1-3H3,(H,29,31)(H,32,33)/t17-,25+/m1/s1. The Morgan fingerprint density at radius 3 is 2.19 bits per heavy atom. The summed E-state index contributed by atoms with van der Waals surface area (Å²) < 4.78 is 16.5. The quantitative estimate of drug-likeness (QED) is 0.370. The molecule has 0 aliphatic heterocycles. The van der Waals surface area contributed by atoms with Gasteiger partial charge in [0.15, 0.2) is 17.6 Å². The van der Waals surface area contributed by atoms with Gasteiger partial charge in [0, 0.05) is 23.9 Å². The van der Waals surface area contributed by atoms with E-state index < -0.39 is 18.1 Å². The predicted octanol–water partition coefficient (Wildman–Crippen LogP) is 3.90. The number of aliphatic carboxylic acids is 1. The lowest BCUT2D eigenvalue weighted by Crippen LogP contribution is -2.34. The zero-order valence-corrected chi connectivity index (χ0v) is 20.1. The summed E-state index contributed by atoms with van der Waals surface area (Å²) in [6, 6.07) is 20.1. The van der Waals surface area contributed by atoms with Crippen LogP contribution in [0, 0.1) is 11.3 Å². The molecule has 0 spiro atoms. The van der Waals surface area contributed by atoms with Crippen LogP contribution >= 0.6 is 0 Å². The Morgan fingerprint density at radius 2 is 1.61 bits per heavy atom. The Kier molecular flexibility index (Phi) is 8.73. The van der Waals surface area contributed by atoms with Gasteiger partial charge in [-0.1, -0.05) is 30.3 Å². The molecule has 0 heterocycles. The van der Waals surface area contributed by atoms with Crippen molar-refractivity contribution in [2.45, 2.75) is 25.6 Å². The molecule has 2 atom stereocenters. The van der Waals surface area contributed by atoms with E-state index in [9.17, 15) is 14.7 Å². The van der Waals surface area contributed by atoms with Crippen molar-refractivity contribution < 1.29 is 28.9 Å². The van der Waals surface area contributed by atoms with Crippen LogP contribution in [0.5, 0.6) is 17.2 Å². The highest BCUT2D eigenvalue weighted by molar-refractivity contribution is 5.87. The number of amides is 1.